The fraction of sp³-hybridized carbons (Fsp3) is 0.679. The van der Waals surface area contributed by atoms with Gasteiger partial charge in [0.25, 0.3) is 0 Å². The van der Waals surface area contributed by atoms with E-state index in [1.165, 1.54) is 24.9 Å². The summed E-state index contributed by atoms with van der Waals surface area (Å²) in [5.74, 6) is 2.98. The van der Waals surface area contributed by atoms with Crippen LogP contribution < -0.4 is 4.90 Å². The fourth-order valence-corrected chi connectivity index (χ4v) is 8.10. The van der Waals surface area contributed by atoms with Gasteiger partial charge in [-0.1, -0.05) is 26.0 Å². The number of Topliss-reactive ketones (excluding diaryl/α,β-unsaturated/α-hetero) is 1. The smallest absolute Gasteiger partial charge is 0.165 e. The highest BCUT2D eigenvalue weighted by Crippen LogP contribution is 2.66. The van der Waals surface area contributed by atoms with Crippen molar-refractivity contribution < 1.29 is 9.90 Å². The van der Waals surface area contributed by atoms with E-state index in [1.54, 1.807) is 0 Å². The largest absolute Gasteiger partial charge is 0.393 e. The number of carbonyl (C=O) groups excluding carboxylic acids is 1. The fourth-order valence-electron chi connectivity index (χ4n) is 8.10. The molecule has 4 aliphatic rings. The number of carbonyl (C=O) groups is 1. The quantitative estimate of drug-likeness (QED) is 0.621. The van der Waals surface area contributed by atoms with Gasteiger partial charge >= 0.3 is 0 Å². The van der Waals surface area contributed by atoms with Crippen LogP contribution in [0.5, 0.6) is 0 Å². The monoisotopic (exact) mass is 421 g/mol. The number of allylic oxidation sites excluding steroid dienone is 1. The molecule has 1 aromatic carbocycles. The predicted molar refractivity (Wildman–Crippen MR) is 127 cm³/mol. The van der Waals surface area contributed by atoms with E-state index in [0.717, 1.165) is 49.2 Å². The molecule has 3 heteroatoms. The number of aliphatic hydroxyl groups is 1. The Morgan fingerprint density at radius 3 is 2.45 bits per heavy atom. The van der Waals surface area contributed by atoms with E-state index < -0.39 is 0 Å². The SMILES string of the molecule is CN(C)c1ccc(/C=C2/C[C@@H]3[C@H]4CC[C@H]5C[C@@H](O)CC[C@]5(C)[C@@H]4CC[C@@]3(C)C2=O)cc1. The van der Waals surface area contributed by atoms with Crippen molar-refractivity contribution in [1.29, 1.82) is 0 Å². The Bertz CT molecular complexity index is 887. The number of aliphatic hydroxyl groups excluding tert-OH is 1. The first-order valence-electron chi connectivity index (χ1n) is 12.4. The summed E-state index contributed by atoms with van der Waals surface area (Å²) in [6.45, 7) is 4.79. The van der Waals surface area contributed by atoms with Gasteiger partial charge in [0.1, 0.15) is 0 Å². The Morgan fingerprint density at radius 2 is 1.74 bits per heavy atom. The minimum absolute atomic E-state index is 0.0926. The highest BCUT2D eigenvalue weighted by molar-refractivity contribution is 6.06. The first-order chi connectivity index (χ1) is 14.7. The lowest BCUT2D eigenvalue weighted by atomic mass is 9.45. The van der Waals surface area contributed by atoms with E-state index in [-0.39, 0.29) is 11.5 Å². The Kier molecular flexibility index (Phi) is 5.12. The third-order valence-corrected chi connectivity index (χ3v) is 10.0. The number of hydrogen-bond donors (Lipinski definition) is 1. The summed E-state index contributed by atoms with van der Waals surface area (Å²) in [6.07, 6.45) is 10.9. The summed E-state index contributed by atoms with van der Waals surface area (Å²) in [7, 11) is 4.11. The third-order valence-electron chi connectivity index (χ3n) is 10.0. The van der Waals surface area contributed by atoms with Crippen LogP contribution >= 0.6 is 0 Å². The van der Waals surface area contributed by atoms with Crippen LogP contribution in [0.2, 0.25) is 0 Å². The van der Waals surface area contributed by atoms with Gasteiger partial charge in [0.15, 0.2) is 5.78 Å². The number of hydrogen-bond acceptors (Lipinski definition) is 3. The van der Waals surface area contributed by atoms with Gasteiger partial charge in [-0.3, -0.25) is 4.79 Å². The van der Waals surface area contributed by atoms with Crippen LogP contribution in [0.4, 0.5) is 5.69 Å². The molecule has 31 heavy (non-hydrogen) atoms. The molecule has 7 atom stereocenters. The van der Waals surface area contributed by atoms with Gasteiger partial charge in [-0.15, -0.1) is 0 Å². The lowest BCUT2D eigenvalue weighted by molar-refractivity contribution is -0.141. The number of fused-ring (bicyclic) bond motifs is 5. The molecule has 4 saturated carbocycles. The standard InChI is InChI=1S/C28H39NO2/c1-27-13-11-22(30)17-20(27)7-10-23-24(27)12-14-28(2)25(23)16-19(26(28)31)15-18-5-8-21(9-6-18)29(3)4/h5-6,8-9,15,20,22-25,30H,7,10-14,16-17H2,1-4H3/b19-15-/t20-,22-,23-,24+,25+,27-,28+/m0/s1. The zero-order valence-corrected chi connectivity index (χ0v) is 19.7. The van der Waals surface area contributed by atoms with Crippen LogP contribution in [0.3, 0.4) is 0 Å². The summed E-state index contributed by atoms with van der Waals surface area (Å²) in [4.78, 5) is 15.7. The van der Waals surface area contributed by atoms with E-state index in [2.05, 4.69) is 63.2 Å². The first kappa shape index (κ1) is 21.2. The van der Waals surface area contributed by atoms with Crippen molar-refractivity contribution in [1.82, 2.24) is 0 Å². The molecular weight excluding hydrogens is 382 g/mol. The number of nitrogens with zero attached hydrogens (tertiary/aromatic N) is 1. The maximum absolute atomic E-state index is 13.6. The van der Waals surface area contributed by atoms with Gasteiger partial charge in [0, 0.05) is 25.2 Å². The van der Waals surface area contributed by atoms with E-state index >= 15 is 0 Å². The molecule has 1 N–H and O–H groups in total. The van der Waals surface area contributed by atoms with Gasteiger partial charge in [0.05, 0.1) is 6.10 Å². The van der Waals surface area contributed by atoms with Crippen molar-refractivity contribution in [3.05, 3.63) is 35.4 Å². The second kappa shape index (κ2) is 7.47. The third kappa shape index (κ3) is 3.30. The summed E-state index contributed by atoms with van der Waals surface area (Å²) < 4.78 is 0. The van der Waals surface area contributed by atoms with Crippen molar-refractivity contribution >= 4 is 17.5 Å². The van der Waals surface area contributed by atoms with Crippen molar-refractivity contribution in [2.45, 2.75) is 71.3 Å². The molecule has 168 valence electrons. The molecule has 0 radical (unpaired) electrons. The lowest BCUT2D eigenvalue weighted by Crippen LogP contribution is -2.54. The average Bonchev–Trinajstić information content (AvgIpc) is 2.99. The lowest BCUT2D eigenvalue weighted by Gasteiger charge is -2.59. The summed E-state index contributed by atoms with van der Waals surface area (Å²) in [5.41, 5.74) is 3.57. The normalized spacial score (nSPS) is 43.3. The number of anilines is 1. The number of ketones is 1. The van der Waals surface area contributed by atoms with Gasteiger partial charge < -0.3 is 10.0 Å². The molecule has 4 fully saturated rings. The minimum Gasteiger partial charge on any atom is -0.393 e. The van der Waals surface area contributed by atoms with Crippen molar-refractivity contribution in [3.63, 3.8) is 0 Å². The van der Waals surface area contributed by atoms with Crippen LogP contribution in [0.25, 0.3) is 6.08 Å². The van der Waals surface area contributed by atoms with Crippen LogP contribution in [-0.2, 0) is 4.79 Å². The molecule has 0 saturated heterocycles. The van der Waals surface area contributed by atoms with Crippen molar-refractivity contribution in [2.24, 2.45) is 34.5 Å². The zero-order valence-electron chi connectivity index (χ0n) is 19.7. The maximum atomic E-state index is 13.6. The molecule has 0 heterocycles. The molecule has 1 aromatic rings. The number of rotatable bonds is 2. The summed E-state index contributed by atoms with van der Waals surface area (Å²) >= 11 is 0. The highest BCUT2D eigenvalue weighted by atomic mass is 16.3. The molecule has 0 aliphatic heterocycles. The van der Waals surface area contributed by atoms with E-state index in [4.69, 9.17) is 0 Å². The zero-order chi connectivity index (χ0) is 22.0. The van der Waals surface area contributed by atoms with Gasteiger partial charge in [0.2, 0.25) is 0 Å². The molecule has 3 nitrogen and oxygen atoms in total. The van der Waals surface area contributed by atoms with E-state index in [9.17, 15) is 9.90 Å². The molecular formula is C28H39NO2. The molecule has 4 aliphatic carbocycles. The maximum Gasteiger partial charge on any atom is 0.165 e. The van der Waals surface area contributed by atoms with Gasteiger partial charge in [-0.05, 0) is 110 Å². The van der Waals surface area contributed by atoms with E-state index in [1.807, 2.05) is 0 Å². The predicted octanol–water partition coefficient (Wildman–Crippen LogP) is 5.72. The molecule has 0 unspecified atom stereocenters. The van der Waals surface area contributed by atoms with E-state index in [0.29, 0.717) is 29.0 Å². The molecule has 0 aromatic heterocycles. The first-order valence-corrected chi connectivity index (χ1v) is 12.4. The topological polar surface area (TPSA) is 40.5 Å². The summed E-state index contributed by atoms with van der Waals surface area (Å²) in [6, 6.07) is 8.55. The summed E-state index contributed by atoms with van der Waals surface area (Å²) in [5, 5.41) is 10.3. The minimum atomic E-state index is -0.173. The van der Waals surface area contributed by atoms with Crippen LogP contribution in [-0.4, -0.2) is 31.1 Å². The Balaban J connectivity index is 1.41. The average molecular weight is 422 g/mol. The molecule has 5 rings (SSSR count). The van der Waals surface area contributed by atoms with Crippen LogP contribution in [0, 0.1) is 34.5 Å². The molecule has 0 bridgehead atoms. The Labute approximate surface area is 187 Å². The van der Waals surface area contributed by atoms with Crippen LogP contribution in [0.1, 0.15) is 70.8 Å². The molecule has 0 spiro atoms. The van der Waals surface area contributed by atoms with Gasteiger partial charge in [-0.25, -0.2) is 0 Å². The Morgan fingerprint density at radius 1 is 1.00 bits per heavy atom. The second-order valence-electron chi connectivity index (χ2n) is 11.7. The van der Waals surface area contributed by atoms with Crippen molar-refractivity contribution in [2.75, 3.05) is 19.0 Å². The second-order valence-corrected chi connectivity index (χ2v) is 11.7. The molecule has 0 amide bonds. The van der Waals surface area contributed by atoms with Crippen molar-refractivity contribution in [3.8, 4) is 0 Å². The number of benzene rings is 1. The highest BCUT2D eigenvalue weighted by Gasteiger charge is 2.61. The van der Waals surface area contributed by atoms with Gasteiger partial charge in [-0.2, -0.15) is 0 Å². The van der Waals surface area contributed by atoms with Crippen LogP contribution in [0.15, 0.2) is 29.8 Å². The Hall–Kier alpha value is -1.61.